The number of halogens is 4. The molecule has 0 fully saturated rings. The predicted molar refractivity (Wildman–Crippen MR) is 124 cm³/mol. The molecule has 0 atom stereocenters. The van der Waals surface area contributed by atoms with Crippen LogP contribution < -0.4 is 10.6 Å². The molecule has 0 aliphatic rings. The minimum Gasteiger partial charge on any atom is -0.477 e. The molecule has 4 aromatic rings. The number of aromatic nitrogens is 3. The zero-order chi connectivity index (χ0) is 26.0. The number of carboxylic acids is 1. The number of carbonyl (C=O) groups excluding carboxylic acids is 2. The average molecular weight is 518 g/mol. The second-order valence-corrected chi connectivity index (χ2v) is 7.71. The number of hydrogen-bond acceptors (Lipinski definition) is 5. The normalized spacial score (nSPS) is 11.3. The lowest BCUT2D eigenvalue weighted by Crippen LogP contribution is -2.17. The molecule has 0 bridgehead atoms. The number of aromatic carboxylic acids is 1. The van der Waals surface area contributed by atoms with E-state index in [0.717, 1.165) is 12.3 Å². The minimum atomic E-state index is -4.76. The summed E-state index contributed by atoms with van der Waals surface area (Å²) in [5.41, 5.74) is -0.440. The molecule has 0 spiro atoms. The molecule has 36 heavy (non-hydrogen) atoms. The lowest BCUT2D eigenvalue weighted by atomic mass is 10.1. The van der Waals surface area contributed by atoms with Gasteiger partial charge in [-0.25, -0.2) is 14.3 Å². The summed E-state index contributed by atoms with van der Waals surface area (Å²) >= 11 is 5.41. The highest BCUT2D eigenvalue weighted by Gasteiger charge is 2.32. The zero-order valence-electron chi connectivity index (χ0n) is 18.0. The number of nitrogens with zero attached hydrogens (tertiary/aromatic N) is 3. The van der Waals surface area contributed by atoms with Crippen molar-refractivity contribution in [3.8, 4) is 11.3 Å². The van der Waals surface area contributed by atoms with Crippen LogP contribution in [0.4, 0.5) is 24.5 Å². The fraction of sp³-hybridized carbons (Fsp3) is 0.0870. The van der Waals surface area contributed by atoms with Crippen LogP contribution in [-0.2, 0) is 11.0 Å². The van der Waals surface area contributed by atoms with Crippen LogP contribution in [0.1, 0.15) is 26.3 Å². The Balaban J connectivity index is 1.66. The number of alkyl halides is 4. The molecule has 3 N–H and O–H groups in total. The molecule has 0 aliphatic heterocycles. The zero-order valence-corrected chi connectivity index (χ0v) is 18.8. The second kappa shape index (κ2) is 9.66. The Morgan fingerprint density at radius 1 is 1.03 bits per heavy atom. The van der Waals surface area contributed by atoms with Crippen molar-refractivity contribution < 1.29 is 32.7 Å². The van der Waals surface area contributed by atoms with Gasteiger partial charge < -0.3 is 15.7 Å². The van der Waals surface area contributed by atoms with Gasteiger partial charge >= 0.3 is 12.1 Å². The molecule has 0 radical (unpaired) electrons. The van der Waals surface area contributed by atoms with Gasteiger partial charge in [-0.3, -0.25) is 9.59 Å². The van der Waals surface area contributed by atoms with Gasteiger partial charge in [0, 0.05) is 28.7 Å². The molecule has 9 nitrogen and oxygen atoms in total. The van der Waals surface area contributed by atoms with Crippen molar-refractivity contribution in [1.29, 1.82) is 0 Å². The van der Waals surface area contributed by atoms with Gasteiger partial charge in [0.2, 0.25) is 5.91 Å². The summed E-state index contributed by atoms with van der Waals surface area (Å²) in [6.45, 7) is 0. The third kappa shape index (κ3) is 5.13. The lowest BCUT2D eigenvalue weighted by molar-refractivity contribution is -0.137. The van der Waals surface area contributed by atoms with Crippen LogP contribution in [0, 0.1) is 0 Å². The van der Waals surface area contributed by atoms with Crippen LogP contribution in [0.5, 0.6) is 0 Å². The first-order chi connectivity index (χ1) is 17.1. The van der Waals surface area contributed by atoms with Crippen molar-refractivity contribution in [3.63, 3.8) is 0 Å². The van der Waals surface area contributed by atoms with Crippen molar-refractivity contribution in [1.82, 2.24) is 14.6 Å². The molecule has 4 rings (SSSR count). The summed E-state index contributed by atoms with van der Waals surface area (Å²) in [7, 11) is 0. The van der Waals surface area contributed by atoms with E-state index in [1.807, 2.05) is 0 Å². The Labute approximate surface area is 205 Å². The molecule has 0 aliphatic carbocycles. The fourth-order valence-electron chi connectivity index (χ4n) is 3.41. The molecule has 2 aromatic carbocycles. The number of benzene rings is 2. The number of carboxylic acid groups (broad SMARTS) is 1. The molecule has 0 saturated carbocycles. The molecule has 13 heteroatoms. The number of fused-ring (bicyclic) bond motifs is 1. The number of amides is 2. The summed E-state index contributed by atoms with van der Waals surface area (Å²) in [5.74, 6) is -3.26. The highest BCUT2D eigenvalue weighted by Crippen LogP contribution is 2.32. The Kier molecular flexibility index (Phi) is 6.62. The van der Waals surface area contributed by atoms with Gasteiger partial charge in [-0.05, 0) is 36.4 Å². The third-order valence-corrected chi connectivity index (χ3v) is 5.22. The molecular weight excluding hydrogens is 503 g/mol. The fourth-order valence-corrected chi connectivity index (χ4v) is 3.48. The van der Waals surface area contributed by atoms with Crippen LogP contribution in [-0.4, -0.2) is 43.4 Å². The lowest BCUT2D eigenvalue weighted by Gasteiger charge is -2.13. The topological polar surface area (TPSA) is 126 Å². The van der Waals surface area contributed by atoms with Crippen LogP contribution in [0.3, 0.4) is 0 Å². The summed E-state index contributed by atoms with van der Waals surface area (Å²) in [5, 5.41) is 18.1. The van der Waals surface area contributed by atoms with E-state index in [9.17, 15) is 32.7 Å². The smallest absolute Gasteiger partial charge is 0.416 e. The Morgan fingerprint density at radius 3 is 2.50 bits per heavy atom. The van der Waals surface area contributed by atoms with Crippen molar-refractivity contribution in [2.45, 2.75) is 6.18 Å². The molecule has 2 heterocycles. The van der Waals surface area contributed by atoms with Gasteiger partial charge in [-0.1, -0.05) is 12.1 Å². The highest BCUT2D eigenvalue weighted by molar-refractivity contribution is 6.29. The maximum atomic E-state index is 13.4. The van der Waals surface area contributed by atoms with E-state index in [0.29, 0.717) is 23.4 Å². The van der Waals surface area contributed by atoms with Crippen LogP contribution in [0.25, 0.3) is 16.9 Å². The van der Waals surface area contributed by atoms with Gasteiger partial charge in [0.05, 0.1) is 17.5 Å². The number of carbonyl (C=O) groups is 3. The van der Waals surface area contributed by atoms with Gasteiger partial charge in [0.25, 0.3) is 5.91 Å². The Bertz CT molecular complexity index is 1500. The number of rotatable bonds is 6. The summed E-state index contributed by atoms with van der Waals surface area (Å²) in [4.78, 5) is 39.8. The summed E-state index contributed by atoms with van der Waals surface area (Å²) < 4.78 is 41.4. The van der Waals surface area contributed by atoms with Gasteiger partial charge in [-0.15, -0.1) is 11.6 Å². The van der Waals surface area contributed by atoms with E-state index in [4.69, 9.17) is 11.6 Å². The van der Waals surface area contributed by atoms with E-state index in [-0.39, 0.29) is 28.1 Å². The molecule has 184 valence electrons. The molecule has 0 saturated heterocycles. The maximum Gasteiger partial charge on any atom is 0.416 e. The van der Waals surface area contributed by atoms with E-state index >= 15 is 0 Å². The quantitative estimate of drug-likeness (QED) is 0.322. The second-order valence-electron chi connectivity index (χ2n) is 7.44. The number of nitrogens with one attached hydrogen (secondary N) is 2. The minimum absolute atomic E-state index is 0.0945. The molecule has 2 amide bonds. The Morgan fingerprint density at radius 2 is 1.81 bits per heavy atom. The predicted octanol–water partition coefficient (Wildman–Crippen LogP) is 4.54. The standard InChI is InChI=1S/C23H15ClF3N5O4/c24-10-19(33)30-16-8-13(6-14(9-16)23(25,26)27)21(34)31-15-3-1-2-12(7-15)18-4-5-28-20-17(22(35)36)11-29-32(18)20/h1-9,11H,10H2,(H,30,33)(H,31,34)(H,35,36). The first-order valence-electron chi connectivity index (χ1n) is 10.1. The first-order valence-corrected chi connectivity index (χ1v) is 10.7. The van der Waals surface area contributed by atoms with Crippen LogP contribution in [0.15, 0.2) is 60.9 Å². The summed E-state index contributed by atoms with van der Waals surface area (Å²) in [6.07, 6.45) is -2.20. The van der Waals surface area contributed by atoms with E-state index < -0.39 is 35.4 Å². The van der Waals surface area contributed by atoms with E-state index in [1.54, 1.807) is 24.3 Å². The average Bonchev–Trinajstić information content (AvgIpc) is 3.28. The van der Waals surface area contributed by atoms with Crippen molar-refractivity contribution in [3.05, 3.63) is 77.6 Å². The monoisotopic (exact) mass is 517 g/mol. The third-order valence-electron chi connectivity index (χ3n) is 4.98. The van der Waals surface area contributed by atoms with E-state index in [1.165, 1.54) is 16.8 Å². The van der Waals surface area contributed by atoms with E-state index in [2.05, 4.69) is 20.7 Å². The van der Waals surface area contributed by atoms with Crippen LogP contribution >= 0.6 is 11.6 Å². The van der Waals surface area contributed by atoms with Gasteiger partial charge in [-0.2, -0.15) is 18.3 Å². The van der Waals surface area contributed by atoms with Crippen molar-refractivity contribution in [2.75, 3.05) is 16.5 Å². The molecule has 0 unspecified atom stereocenters. The maximum absolute atomic E-state index is 13.4. The van der Waals surface area contributed by atoms with Gasteiger partial charge in [0.1, 0.15) is 11.4 Å². The number of hydrogen-bond donors (Lipinski definition) is 3. The largest absolute Gasteiger partial charge is 0.477 e. The van der Waals surface area contributed by atoms with Gasteiger partial charge in [0.15, 0.2) is 5.65 Å². The Hall–Kier alpha value is -4.45. The first kappa shape index (κ1) is 24.7. The highest BCUT2D eigenvalue weighted by atomic mass is 35.5. The molecular formula is C23H15ClF3N5O4. The van der Waals surface area contributed by atoms with Crippen molar-refractivity contribution >= 4 is 46.4 Å². The number of anilines is 2. The molecule has 2 aromatic heterocycles. The SMILES string of the molecule is O=C(CCl)Nc1cc(C(=O)Nc2cccc(-c3ccnc4c(C(=O)O)cnn34)c2)cc(C(F)(F)F)c1. The van der Waals surface area contributed by atoms with Crippen LogP contribution in [0.2, 0.25) is 0 Å². The van der Waals surface area contributed by atoms with Crippen molar-refractivity contribution in [2.24, 2.45) is 0 Å². The summed E-state index contributed by atoms with van der Waals surface area (Å²) in [6, 6.07) is 10.4.